The van der Waals surface area contributed by atoms with Crippen LogP contribution in [0.5, 0.6) is 0 Å². The van der Waals surface area contributed by atoms with Crippen LogP contribution in [0.25, 0.3) is 0 Å². The zero-order valence-electron chi connectivity index (χ0n) is 9.79. The van der Waals surface area contributed by atoms with Crippen molar-refractivity contribution in [3.8, 4) is 0 Å². The minimum absolute atomic E-state index is 0.0408. The van der Waals surface area contributed by atoms with E-state index in [-0.39, 0.29) is 11.6 Å². The summed E-state index contributed by atoms with van der Waals surface area (Å²) in [4.78, 5) is 4.26. The van der Waals surface area contributed by atoms with Crippen LogP contribution in [0.15, 0.2) is 17.3 Å². The number of nitrogens with two attached hydrogens (primary N) is 1. The Kier molecular flexibility index (Phi) is 4.00. The Hall–Kier alpha value is -1.19. The lowest BCUT2D eigenvalue weighted by Crippen LogP contribution is -2.45. The highest BCUT2D eigenvalue weighted by Gasteiger charge is 2.12. The van der Waals surface area contributed by atoms with Crippen LogP contribution < -0.4 is 11.1 Å². The molecular formula is C11H21N3O. The normalized spacial score (nSPS) is 22.3. The molecule has 1 rings (SSSR count). The first-order chi connectivity index (χ1) is 6.97. The molecule has 0 aliphatic carbocycles. The fourth-order valence-corrected chi connectivity index (χ4v) is 1.34. The summed E-state index contributed by atoms with van der Waals surface area (Å²) in [6.45, 7) is 6.78. The van der Waals surface area contributed by atoms with Crippen LogP contribution >= 0.6 is 0 Å². The lowest BCUT2D eigenvalue weighted by atomic mass is 10.1. The lowest BCUT2D eigenvalue weighted by Gasteiger charge is -2.22. The Morgan fingerprint density at radius 1 is 1.60 bits per heavy atom. The molecule has 86 valence electrons. The molecule has 4 heteroatoms. The fraction of sp³-hybridized carbons (Fsp3) is 0.727. The Morgan fingerprint density at radius 3 is 2.87 bits per heavy atom. The first-order valence-corrected chi connectivity index (χ1v) is 5.36. The van der Waals surface area contributed by atoms with Crippen LogP contribution in [0.3, 0.4) is 0 Å². The molecule has 0 spiro atoms. The summed E-state index contributed by atoms with van der Waals surface area (Å²) in [5.41, 5.74) is 5.70. The Labute approximate surface area is 91.6 Å². The van der Waals surface area contributed by atoms with E-state index >= 15 is 0 Å². The molecule has 1 aliphatic rings. The molecule has 4 nitrogen and oxygen atoms in total. The van der Waals surface area contributed by atoms with Gasteiger partial charge in [0.15, 0.2) is 5.96 Å². The van der Waals surface area contributed by atoms with Crippen molar-refractivity contribution in [2.24, 2.45) is 10.7 Å². The van der Waals surface area contributed by atoms with E-state index in [9.17, 15) is 0 Å². The predicted molar refractivity (Wildman–Crippen MR) is 62.6 cm³/mol. The maximum absolute atomic E-state index is 5.74. The third kappa shape index (κ3) is 5.30. The van der Waals surface area contributed by atoms with Crippen molar-refractivity contribution >= 4 is 5.96 Å². The van der Waals surface area contributed by atoms with Crippen molar-refractivity contribution in [3.63, 3.8) is 0 Å². The molecule has 0 saturated heterocycles. The number of guanidine groups is 1. The highest BCUT2D eigenvalue weighted by molar-refractivity contribution is 5.78. The van der Waals surface area contributed by atoms with Gasteiger partial charge in [0, 0.05) is 5.54 Å². The summed E-state index contributed by atoms with van der Waals surface area (Å²) in [5, 5.41) is 3.11. The topological polar surface area (TPSA) is 59.6 Å². The molecule has 1 aliphatic heterocycles. The predicted octanol–water partition coefficient (Wildman–Crippen LogP) is 1.38. The van der Waals surface area contributed by atoms with E-state index in [0.717, 1.165) is 12.8 Å². The van der Waals surface area contributed by atoms with Gasteiger partial charge in [-0.25, -0.2) is 4.99 Å². The second-order valence-corrected chi connectivity index (χ2v) is 4.81. The summed E-state index contributed by atoms with van der Waals surface area (Å²) < 4.78 is 5.39. The molecule has 0 fully saturated rings. The maximum Gasteiger partial charge on any atom is 0.189 e. The van der Waals surface area contributed by atoms with Crippen LogP contribution in [0.4, 0.5) is 0 Å². The fourth-order valence-electron chi connectivity index (χ4n) is 1.34. The van der Waals surface area contributed by atoms with Crippen molar-refractivity contribution in [2.75, 3.05) is 6.54 Å². The summed E-state index contributed by atoms with van der Waals surface area (Å²) >= 11 is 0. The van der Waals surface area contributed by atoms with E-state index in [1.807, 2.05) is 6.08 Å². The molecule has 1 heterocycles. The number of ether oxygens (including phenoxy) is 1. The third-order valence-electron chi connectivity index (χ3n) is 1.99. The van der Waals surface area contributed by atoms with Crippen LogP contribution in [0.2, 0.25) is 0 Å². The van der Waals surface area contributed by atoms with Crippen LogP contribution in [0.1, 0.15) is 33.6 Å². The highest BCUT2D eigenvalue weighted by Crippen LogP contribution is 2.10. The molecule has 0 saturated carbocycles. The largest absolute Gasteiger partial charge is 0.496 e. The molecule has 15 heavy (non-hydrogen) atoms. The standard InChI is InChI=1S/C11H21N3O/c1-11(2,3)14-10(12)13-8-9-6-4-5-7-15-9/h5,7,9H,4,6,8H2,1-3H3,(H3,12,13,14). The van der Waals surface area contributed by atoms with Gasteiger partial charge in [-0.15, -0.1) is 0 Å². The molecular weight excluding hydrogens is 190 g/mol. The quantitative estimate of drug-likeness (QED) is 0.536. The molecule has 0 aromatic carbocycles. The Bertz CT molecular complexity index is 253. The van der Waals surface area contributed by atoms with Gasteiger partial charge < -0.3 is 15.8 Å². The van der Waals surface area contributed by atoms with Gasteiger partial charge in [0.05, 0.1) is 12.8 Å². The van der Waals surface area contributed by atoms with Gasteiger partial charge in [0.25, 0.3) is 0 Å². The second-order valence-electron chi connectivity index (χ2n) is 4.81. The molecule has 0 aromatic rings. The average Bonchev–Trinajstić information content (AvgIpc) is 2.14. The number of allylic oxidation sites excluding steroid dienone is 1. The van der Waals surface area contributed by atoms with Crippen molar-refractivity contribution < 1.29 is 4.74 Å². The van der Waals surface area contributed by atoms with Crippen LogP contribution in [0, 0.1) is 0 Å². The molecule has 3 N–H and O–H groups in total. The zero-order valence-corrected chi connectivity index (χ0v) is 9.79. The molecule has 1 unspecified atom stereocenters. The Balaban J connectivity index is 2.33. The van der Waals surface area contributed by atoms with Crippen molar-refractivity contribution in [1.29, 1.82) is 0 Å². The summed E-state index contributed by atoms with van der Waals surface area (Å²) in [6.07, 6.45) is 6.03. The first kappa shape index (κ1) is 11.9. The minimum atomic E-state index is -0.0408. The summed E-state index contributed by atoms with van der Waals surface area (Å²) in [7, 11) is 0. The maximum atomic E-state index is 5.74. The number of nitrogens with zero attached hydrogens (tertiary/aromatic N) is 1. The van der Waals surface area contributed by atoms with Crippen molar-refractivity contribution in [2.45, 2.75) is 45.3 Å². The molecule has 0 amide bonds. The number of rotatable bonds is 2. The number of hydrogen-bond acceptors (Lipinski definition) is 2. The highest BCUT2D eigenvalue weighted by atomic mass is 16.5. The smallest absolute Gasteiger partial charge is 0.189 e. The van der Waals surface area contributed by atoms with E-state index in [0.29, 0.717) is 12.5 Å². The average molecular weight is 211 g/mol. The molecule has 1 atom stereocenters. The minimum Gasteiger partial charge on any atom is -0.496 e. The van der Waals surface area contributed by atoms with E-state index in [1.54, 1.807) is 6.26 Å². The van der Waals surface area contributed by atoms with E-state index < -0.39 is 0 Å². The third-order valence-corrected chi connectivity index (χ3v) is 1.99. The van der Waals surface area contributed by atoms with Crippen molar-refractivity contribution in [1.82, 2.24) is 5.32 Å². The van der Waals surface area contributed by atoms with E-state index in [4.69, 9.17) is 10.5 Å². The number of aliphatic imine (C=N–C) groups is 1. The van der Waals surface area contributed by atoms with Gasteiger partial charge in [-0.3, -0.25) is 0 Å². The van der Waals surface area contributed by atoms with E-state index in [2.05, 4.69) is 31.1 Å². The second kappa shape index (κ2) is 5.05. The monoisotopic (exact) mass is 211 g/mol. The zero-order chi connectivity index (χ0) is 11.3. The summed E-state index contributed by atoms with van der Waals surface area (Å²) in [6, 6.07) is 0. The molecule has 0 aromatic heterocycles. The van der Waals surface area contributed by atoms with Gasteiger partial charge in [-0.05, 0) is 39.7 Å². The van der Waals surface area contributed by atoms with Crippen LogP contribution in [-0.4, -0.2) is 24.1 Å². The SMILES string of the molecule is CC(C)(C)NC(N)=NCC1CCC=CO1. The summed E-state index contributed by atoms with van der Waals surface area (Å²) in [5.74, 6) is 0.487. The Morgan fingerprint density at radius 2 is 2.33 bits per heavy atom. The number of nitrogens with one attached hydrogen (secondary N) is 1. The van der Waals surface area contributed by atoms with Gasteiger partial charge in [-0.1, -0.05) is 0 Å². The van der Waals surface area contributed by atoms with Gasteiger partial charge in [0.2, 0.25) is 0 Å². The number of hydrogen-bond donors (Lipinski definition) is 2. The molecule has 0 bridgehead atoms. The van der Waals surface area contributed by atoms with E-state index in [1.165, 1.54) is 0 Å². The van der Waals surface area contributed by atoms with Gasteiger partial charge >= 0.3 is 0 Å². The van der Waals surface area contributed by atoms with Crippen LogP contribution in [-0.2, 0) is 4.74 Å². The van der Waals surface area contributed by atoms with Gasteiger partial charge in [0.1, 0.15) is 6.10 Å². The molecule has 0 radical (unpaired) electrons. The lowest BCUT2D eigenvalue weighted by molar-refractivity contribution is 0.131. The van der Waals surface area contributed by atoms with Crippen molar-refractivity contribution in [3.05, 3.63) is 12.3 Å². The van der Waals surface area contributed by atoms with Gasteiger partial charge in [-0.2, -0.15) is 0 Å². The first-order valence-electron chi connectivity index (χ1n) is 5.36.